The first-order valence-electron chi connectivity index (χ1n) is 9.74. The van der Waals surface area contributed by atoms with Crippen LogP contribution in [0.3, 0.4) is 0 Å². The fraction of sp³-hybridized carbons (Fsp3) is 0.348. The molecule has 5 nitrogen and oxygen atoms in total. The Morgan fingerprint density at radius 3 is 2.36 bits per heavy atom. The molecule has 0 radical (unpaired) electrons. The quantitative estimate of drug-likeness (QED) is 0.654. The lowest BCUT2D eigenvalue weighted by Gasteiger charge is -2.14. The third-order valence-corrected chi connectivity index (χ3v) is 5.44. The number of para-hydroxylation sites is 1. The summed E-state index contributed by atoms with van der Waals surface area (Å²) in [6, 6.07) is 14.2. The van der Waals surface area contributed by atoms with Gasteiger partial charge < -0.3 is 18.9 Å². The van der Waals surface area contributed by atoms with E-state index in [-0.39, 0.29) is 5.91 Å². The van der Waals surface area contributed by atoms with E-state index >= 15 is 0 Å². The average molecular weight is 378 g/mol. The molecule has 0 atom stereocenters. The summed E-state index contributed by atoms with van der Waals surface area (Å²) >= 11 is 0. The van der Waals surface area contributed by atoms with Crippen molar-refractivity contribution in [3.05, 3.63) is 59.8 Å². The molecule has 1 aliphatic heterocycles. The Balaban J connectivity index is 1.65. The molecule has 1 amide bonds. The van der Waals surface area contributed by atoms with Gasteiger partial charge in [-0.1, -0.05) is 18.2 Å². The van der Waals surface area contributed by atoms with Crippen LogP contribution in [0.4, 0.5) is 0 Å². The van der Waals surface area contributed by atoms with Gasteiger partial charge in [0, 0.05) is 42.8 Å². The highest BCUT2D eigenvalue weighted by Gasteiger charge is 2.20. The molecule has 1 fully saturated rings. The highest BCUT2D eigenvalue weighted by atomic mass is 16.5. The minimum absolute atomic E-state index is 0.225. The van der Waals surface area contributed by atoms with Gasteiger partial charge in [0.1, 0.15) is 11.5 Å². The van der Waals surface area contributed by atoms with Gasteiger partial charge in [-0.15, -0.1) is 0 Å². The molecular weight excluding hydrogens is 352 g/mol. The first kappa shape index (κ1) is 18.4. The maximum Gasteiger partial charge on any atom is 0.227 e. The Bertz CT molecular complexity index is 964. The molecule has 1 aliphatic rings. The number of ether oxygens (including phenoxy) is 2. The number of methoxy groups -OCH3 is 2. The first-order chi connectivity index (χ1) is 13.7. The van der Waals surface area contributed by atoms with E-state index in [0.29, 0.717) is 13.0 Å². The SMILES string of the molecule is COc1cc(Cn2cc(CC(=O)N3CCCC3)c3ccccc32)cc(OC)c1. The zero-order chi connectivity index (χ0) is 19.5. The Morgan fingerprint density at radius 2 is 1.68 bits per heavy atom. The number of hydrogen-bond acceptors (Lipinski definition) is 3. The van der Waals surface area contributed by atoms with E-state index in [1.165, 1.54) is 0 Å². The monoisotopic (exact) mass is 378 g/mol. The van der Waals surface area contributed by atoms with Crippen LogP contribution in [0.1, 0.15) is 24.0 Å². The van der Waals surface area contributed by atoms with E-state index < -0.39 is 0 Å². The Morgan fingerprint density at radius 1 is 1.00 bits per heavy atom. The number of rotatable bonds is 6. The summed E-state index contributed by atoms with van der Waals surface area (Å²) in [4.78, 5) is 14.7. The largest absolute Gasteiger partial charge is 0.497 e. The van der Waals surface area contributed by atoms with Gasteiger partial charge in [0.2, 0.25) is 5.91 Å². The molecule has 4 rings (SSSR count). The van der Waals surface area contributed by atoms with E-state index in [1.54, 1.807) is 14.2 Å². The Kier molecular flexibility index (Phi) is 5.24. The van der Waals surface area contributed by atoms with Gasteiger partial charge in [0.15, 0.2) is 0 Å². The number of hydrogen-bond donors (Lipinski definition) is 0. The molecule has 0 spiro atoms. The summed E-state index contributed by atoms with van der Waals surface area (Å²) in [6.07, 6.45) is 4.80. The van der Waals surface area contributed by atoms with Crippen molar-refractivity contribution in [3.8, 4) is 11.5 Å². The lowest BCUT2D eigenvalue weighted by Crippen LogP contribution is -2.28. The Hall–Kier alpha value is -2.95. The molecule has 0 N–H and O–H groups in total. The van der Waals surface area contributed by atoms with Crippen molar-refractivity contribution >= 4 is 16.8 Å². The summed E-state index contributed by atoms with van der Waals surface area (Å²) in [5.41, 5.74) is 3.31. The number of fused-ring (bicyclic) bond motifs is 1. The number of nitrogens with zero attached hydrogens (tertiary/aromatic N) is 2. The molecule has 0 aliphatic carbocycles. The van der Waals surface area contributed by atoms with Crippen molar-refractivity contribution in [2.45, 2.75) is 25.8 Å². The van der Waals surface area contributed by atoms with Crippen LogP contribution in [0.2, 0.25) is 0 Å². The number of aromatic nitrogens is 1. The minimum atomic E-state index is 0.225. The lowest BCUT2D eigenvalue weighted by molar-refractivity contribution is -0.129. The second-order valence-electron chi connectivity index (χ2n) is 7.28. The zero-order valence-electron chi connectivity index (χ0n) is 16.5. The summed E-state index contributed by atoms with van der Waals surface area (Å²) in [5, 5.41) is 1.14. The van der Waals surface area contributed by atoms with Crippen LogP contribution in [-0.2, 0) is 17.8 Å². The maximum atomic E-state index is 12.7. The molecule has 5 heteroatoms. The summed E-state index contributed by atoms with van der Waals surface area (Å²) < 4.78 is 13.0. The topological polar surface area (TPSA) is 43.7 Å². The highest BCUT2D eigenvalue weighted by molar-refractivity contribution is 5.89. The van der Waals surface area contributed by atoms with Crippen LogP contribution >= 0.6 is 0 Å². The van der Waals surface area contributed by atoms with Crippen LogP contribution in [-0.4, -0.2) is 42.7 Å². The van der Waals surface area contributed by atoms with Crippen molar-refractivity contribution in [1.82, 2.24) is 9.47 Å². The van der Waals surface area contributed by atoms with Crippen molar-refractivity contribution in [3.63, 3.8) is 0 Å². The van der Waals surface area contributed by atoms with Crippen molar-refractivity contribution < 1.29 is 14.3 Å². The fourth-order valence-corrected chi connectivity index (χ4v) is 3.99. The predicted molar refractivity (Wildman–Crippen MR) is 110 cm³/mol. The van der Waals surface area contributed by atoms with Gasteiger partial charge in [-0.25, -0.2) is 0 Å². The van der Waals surface area contributed by atoms with Crippen LogP contribution in [0, 0.1) is 0 Å². The van der Waals surface area contributed by atoms with E-state index in [2.05, 4.69) is 22.9 Å². The Labute approximate surface area is 165 Å². The van der Waals surface area contributed by atoms with Crippen LogP contribution in [0.5, 0.6) is 11.5 Å². The second-order valence-corrected chi connectivity index (χ2v) is 7.28. The van der Waals surface area contributed by atoms with Crippen LogP contribution in [0.15, 0.2) is 48.7 Å². The molecule has 1 saturated heterocycles. The van der Waals surface area contributed by atoms with Gasteiger partial charge in [-0.05, 0) is 42.2 Å². The molecule has 0 bridgehead atoms. The van der Waals surface area contributed by atoms with Crippen LogP contribution < -0.4 is 9.47 Å². The third kappa shape index (κ3) is 3.70. The molecule has 3 aromatic rings. The minimum Gasteiger partial charge on any atom is -0.497 e. The van der Waals surface area contributed by atoms with Crippen molar-refractivity contribution in [1.29, 1.82) is 0 Å². The number of amides is 1. The van der Waals surface area contributed by atoms with Gasteiger partial charge in [-0.2, -0.15) is 0 Å². The van der Waals surface area contributed by atoms with E-state index in [4.69, 9.17) is 9.47 Å². The smallest absolute Gasteiger partial charge is 0.227 e. The number of likely N-dealkylation sites (tertiary alicyclic amines) is 1. The standard InChI is InChI=1S/C23H26N2O3/c1-27-19-11-17(12-20(14-19)28-2)15-25-16-18(21-7-3-4-8-22(21)25)13-23(26)24-9-5-6-10-24/h3-4,7-8,11-12,14,16H,5-6,9-10,13,15H2,1-2H3. The first-order valence-corrected chi connectivity index (χ1v) is 9.74. The maximum absolute atomic E-state index is 12.7. The molecule has 0 saturated carbocycles. The highest BCUT2D eigenvalue weighted by Crippen LogP contribution is 2.27. The lowest BCUT2D eigenvalue weighted by atomic mass is 10.1. The molecule has 2 heterocycles. The zero-order valence-corrected chi connectivity index (χ0v) is 16.5. The molecule has 146 valence electrons. The number of benzene rings is 2. The van der Waals surface area contributed by atoms with Gasteiger partial charge >= 0.3 is 0 Å². The average Bonchev–Trinajstić information content (AvgIpc) is 3.37. The molecular formula is C23H26N2O3. The van der Waals surface area contributed by atoms with E-state index in [0.717, 1.165) is 59.5 Å². The second kappa shape index (κ2) is 7.97. The number of carbonyl (C=O) groups is 1. The summed E-state index contributed by atoms with van der Waals surface area (Å²) in [7, 11) is 3.32. The molecule has 0 unspecified atom stereocenters. The third-order valence-electron chi connectivity index (χ3n) is 5.44. The van der Waals surface area contributed by atoms with Gasteiger partial charge in [0.25, 0.3) is 0 Å². The van der Waals surface area contributed by atoms with Crippen molar-refractivity contribution in [2.75, 3.05) is 27.3 Å². The number of carbonyl (C=O) groups excluding carboxylic acids is 1. The normalized spacial score (nSPS) is 13.9. The van der Waals surface area contributed by atoms with Gasteiger partial charge in [-0.3, -0.25) is 4.79 Å². The predicted octanol–water partition coefficient (Wildman–Crippen LogP) is 3.87. The van der Waals surface area contributed by atoms with Crippen molar-refractivity contribution in [2.24, 2.45) is 0 Å². The molecule has 28 heavy (non-hydrogen) atoms. The van der Waals surface area contributed by atoms with Crippen LogP contribution in [0.25, 0.3) is 10.9 Å². The van der Waals surface area contributed by atoms with E-state index in [9.17, 15) is 4.79 Å². The fourth-order valence-electron chi connectivity index (χ4n) is 3.99. The molecule has 2 aromatic carbocycles. The molecule has 1 aromatic heterocycles. The summed E-state index contributed by atoms with van der Waals surface area (Å²) in [6.45, 7) is 2.47. The summed E-state index contributed by atoms with van der Waals surface area (Å²) in [5.74, 6) is 1.77. The van der Waals surface area contributed by atoms with Gasteiger partial charge in [0.05, 0.1) is 20.6 Å². The van der Waals surface area contributed by atoms with E-state index in [1.807, 2.05) is 35.2 Å².